The fourth-order valence-electron chi connectivity index (χ4n) is 3.93. The molecule has 168 valence electrons. The second-order valence-electron chi connectivity index (χ2n) is 9.29. The van der Waals surface area contributed by atoms with Crippen LogP contribution in [0.2, 0.25) is 5.02 Å². The molecule has 1 fully saturated rings. The lowest BCUT2D eigenvalue weighted by Crippen LogP contribution is -2.40. The largest absolute Gasteiger partial charge is 0.481 e. The van der Waals surface area contributed by atoms with Crippen LogP contribution in [-0.2, 0) is 16.2 Å². The topological polar surface area (TPSA) is 52.6 Å². The van der Waals surface area contributed by atoms with Gasteiger partial charge in [-0.2, -0.15) is 0 Å². The normalized spacial score (nSPS) is 17.9. The van der Waals surface area contributed by atoms with Crippen LogP contribution in [0.25, 0.3) is 0 Å². The highest BCUT2D eigenvalue weighted by atomic mass is 35.5. The predicted molar refractivity (Wildman–Crippen MR) is 126 cm³/mol. The summed E-state index contributed by atoms with van der Waals surface area (Å²) in [5, 5.41) is 13.3. The Morgan fingerprint density at radius 2 is 1.97 bits per heavy atom. The minimum atomic E-state index is -0.929. The Balaban J connectivity index is 2.39. The summed E-state index contributed by atoms with van der Waals surface area (Å²) in [5.41, 5.74) is 2.70. The molecule has 1 aliphatic carbocycles. The molecule has 4 nitrogen and oxygen atoms in total. The van der Waals surface area contributed by atoms with Gasteiger partial charge in [0.25, 0.3) is 0 Å². The van der Waals surface area contributed by atoms with E-state index in [0.29, 0.717) is 5.92 Å². The molecular formula is C24H36Cl2N2O2. The molecule has 0 aromatic heterocycles. The number of aryl methyl sites for hydroxylation is 1. The second kappa shape index (κ2) is 9.93. The van der Waals surface area contributed by atoms with Crippen LogP contribution in [0.5, 0.6) is 0 Å². The highest BCUT2D eigenvalue weighted by Gasteiger charge is 2.48. The number of hydrogen-bond acceptors (Lipinski definition) is 3. The molecule has 1 atom stereocenters. The van der Waals surface area contributed by atoms with Gasteiger partial charge in [0.05, 0.1) is 6.42 Å². The molecule has 6 heteroatoms. The SMILES string of the molecule is CNC(Cl)(/C(=C\N(C)C1(CC(=O)O)CC1)C(C)C)c1ccc(CCC(C)C)c(Cl)c1. The predicted octanol–water partition coefficient (Wildman–Crippen LogP) is 6.02. The number of alkyl halides is 1. The van der Waals surface area contributed by atoms with E-state index < -0.39 is 11.0 Å². The summed E-state index contributed by atoms with van der Waals surface area (Å²) in [5.74, 6) is 0.00233. The third kappa shape index (κ3) is 5.72. The van der Waals surface area contributed by atoms with Crippen molar-refractivity contribution in [2.75, 3.05) is 14.1 Å². The zero-order valence-electron chi connectivity index (χ0n) is 19.1. The second-order valence-corrected chi connectivity index (χ2v) is 10.3. The van der Waals surface area contributed by atoms with Gasteiger partial charge in [0.15, 0.2) is 0 Å². The number of halogens is 2. The highest BCUT2D eigenvalue weighted by molar-refractivity contribution is 6.32. The maximum atomic E-state index is 11.3. The molecule has 1 aromatic carbocycles. The van der Waals surface area contributed by atoms with Crippen molar-refractivity contribution in [2.24, 2.45) is 11.8 Å². The first-order valence-electron chi connectivity index (χ1n) is 10.8. The Morgan fingerprint density at radius 3 is 2.40 bits per heavy atom. The smallest absolute Gasteiger partial charge is 0.305 e. The Kier molecular flexibility index (Phi) is 8.29. The number of nitrogens with zero attached hydrogens (tertiary/aromatic N) is 1. The fraction of sp³-hybridized carbons (Fsp3) is 0.625. The van der Waals surface area contributed by atoms with Crippen LogP contribution in [0.4, 0.5) is 0 Å². The summed E-state index contributed by atoms with van der Waals surface area (Å²) in [6.07, 6.45) is 5.96. The molecule has 0 bridgehead atoms. The Labute approximate surface area is 191 Å². The van der Waals surface area contributed by atoms with Gasteiger partial charge in [-0.15, -0.1) is 0 Å². The molecule has 0 saturated heterocycles. The molecule has 1 aromatic rings. The maximum absolute atomic E-state index is 11.3. The van der Waals surface area contributed by atoms with Crippen molar-refractivity contribution in [1.29, 1.82) is 0 Å². The fourth-order valence-corrected chi connectivity index (χ4v) is 4.58. The minimum Gasteiger partial charge on any atom is -0.481 e. The van der Waals surface area contributed by atoms with Gasteiger partial charge in [-0.05, 0) is 67.3 Å². The number of carbonyl (C=O) groups is 1. The van der Waals surface area contributed by atoms with Crippen molar-refractivity contribution in [3.8, 4) is 0 Å². The van der Waals surface area contributed by atoms with E-state index in [9.17, 15) is 9.90 Å². The van der Waals surface area contributed by atoms with E-state index in [1.807, 2.05) is 37.3 Å². The Hall–Kier alpha value is -1.23. The van der Waals surface area contributed by atoms with Crippen molar-refractivity contribution in [3.05, 3.63) is 46.1 Å². The average Bonchev–Trinajstić information content (AvgIpc) is 3.43. The van der Waals surface area contributed by atoms with E-state index in [1.54, 1.807) is 0 Å². The standard InChI is InChI=1S/C24H36Cl2N2O2/c1-16(2)7-8-18-9-10-19(13-21(18)25)24(26,27-5)20(17(3)4)15-28(6)23(11-12-23)14-22(29)30/h9-10,13,15-17,27H,7-8,11-12,14H2,1-6H3,(H,29,30)/b20-15-. The first-order valence-corrected chi connectivity index (χ1v) is 11.5. The van der Waals surface area contributed by atoms with Gasteiger partial charge in [0.1, 0.15) is 5.00 Å². The summed E-state index contributed by atoms with van der Waals surface area (Å²) < 4.78 is 0. The zero-order valence-corrected chi connectivity index (χ0v) is 20.6. The minimum absolute atomic E-state index is 0.136. The van der Waals surface area contributed by atoms with Gasteiger partial charge >= 0.3 is 5.97 Å². The lowest BCUT2D eigenvalue weighted by atomic mass is 9.89. The molecule has 1 aliphatic rings. The van der Waals surface area contributed by atoms with Crippen molar-refractivity contribution < 1.29 is 9.90 Å². The molecule has 1 unspecified atom stereocenters. The molecular weight excluding hydrogens is 419 g/mol. The number of rotatable bonds is 11. The van der Waals surface area contributed by atoms with Crippen LogP contribution in [0, 0.1) is 11.8 Å². The summed E-state index contributed by atoms with van der Waals surface area (Å²) in [6, 6.07) is 6.08. The monoisotopic (exact) mass is 454 g/mol. The lowest BCUT2D eigenvalue weighted by Gasteiger charge is -2.36. The van der Waals surface area contributed by atoms with Crippen molar-refractivity contribution in [3.63, 3.8) is 0 Å². The molecule has 0 aliphatic heterocycles. The number of hydrogen-bond donors (Lipinski definition) is 2. The van der Waals surface area contributed by atoms with Crippen molar-refractivity contribution in [2.45, 2.75) is 70.3 Å². The summed E-state index contributed by atoms with van der Waals surface area (Å²) in [6.45, 7) is 8.62. The number of benzene rings is 1. The van der Waals surface area contributed by atoms with Crippen LogP contribution < -0.4 is 5.32 Å². The van der Waals surface area contributed by atoms with E-state index in [0.717, 1.165) is 47.4 Å². The van der Waals surface area contributed by atoms with E-state index >= 15 is 0 Å². The molecule has 30 heavy (non-hydrogen) atoms. The van der Waals surface area contributed by atoms with Crippen LogP contribution in [-0.4, -0.2) is 35.6 Å². The lowest BCUT2D eigenvalue weighted by molar-refractivity contribution is -0.138. The van der Waals surface area contributed by atoms with E-state index in [-0.39, 0.29) is 17.9 Å². The average molecular weight is 455 g/mol. The number of carboxylic acids is 1. The zero-order chi connectivity index (χ0) is 22.7. The van der Waals surface area contributed by atoms with Crippen LogP contribution in [0.1, 0.15) is 64.5 Å². The van der Waals surface area contributed by atoms with Gasteiger partial charge in [0.2, 0.25) is 0 Å². The number of carboxylic acid groups (broad SMARTS) is 1. The molecule has 0 spiro atoms. The first kappa shape index (κ1) is 25.0. The van der Waals surface area contributed by atoms with Crippen LogP contribution in [0.15, 0.2) is 30.0 Å². The quantitative estimate of drug-likeness (QED) is 0.317. The van der Waals surface area contributed by atoms with E-state index in [4.69, 9.17) is 23.2 Å². The highest BCUT2D eigenvalue weighted by Crippen LogP contribution is 2.46. The molecule has 0 radical (unpaired) electrons. The van der Waals surface area contributed by atoms with E-state index in [1.165, 1.54) is 0 Å². The summed E-state index contributed by atoms with van der Waals surface area (Å²) in [4.78, 5) is 12.4. The Morgan fingerprint density at radius 1 is 1.33 bits per heavy atom. The third-order valence-electron chi connectivity index (χ3n) is 6.19. The van der Waals surface area contributed by atoms with Gasteiger partial charge < -0.3 is 10.0 Å². The number of aliphatic carboxylic acids is 1. The maximum Gasteiger partial charge on any atom is 0.305 e. The van der Waals surface area contributed by atoms with Crippen LogP contribution in [0.3, 0.4) is 0 Å². The Bertz CT molecular complexity index is 787. The molecule has 0 heterocycles. The first-order chi connectivity index (χ1) is 13.9. The van der Waals surface area contributed by atoms with Gasteiger partial charge in [0, 0.05) is 23.8 Å². The molecule has 2 rings (SSSR count). The van der Waals surface area contributed by atoms with Gasteiger partial charge in [-0.25, -0.2) is 0 Å². The van der Waals surface area contributed by atoms with E-state index in [2.05, 4.69) is 39.1 Å². The van der Waals surface area contributed by atoms with Crippen molar-refractivity contribution >= 4 is 29.2 Å². The molecule has 1 saturated carbocycles. The van der Waals surface area contributed by atoms with Crippen LogP contribution >= 0.6 is 23.2 Å². The summed E-state index contributed by atoms with van der Waals surface area (Å²) >= 11 is 13.8. The van der Waals surface area contributed by atoms with Crippen molar-refractivity contribution in [1.82, 2.24) is 10.2 Å². The third-order valence-corrected chi connectivity index (χ3v) is 7.17. The van der Waals surface area contributed by atoms with Gasteiger partial charge in [-0.3, -0.25) is 10.1 Å². The molecule has 2 N–H and O–H groups in total. The summed E-state index contributed by atoms with van der Waals surface area (Å²) in [7, 11) is 3.79. The number of likely N-dealkylation sites (N-methyl/N-ethyl adjacent to an activating group) is 1. The van der Waals surface area contributed by atoms with Gasteiger partial charge in [-0.1, -0.05) is 63.0 Å². The number of nitrogens with one attached hydrogen (secondary N) is 1. The molecule has 0 amide bonds.